The fraction of sp³-hybridized carbons (Fsp3) is 0.588. The number of thiazole rings is 1. The van der Waals surface area contributed by atoms with Crippen molar-refractivity contribution >= 4 is 32.4 Å². The van der Waals surface area contributed by atoms with Crippen molar-refractivity contribution in [3.8, 4) is 5.75 Å². The Hall–Kier alpha value is -1.69. The van der Waals surface area contributed by atoms with Crippen LogP contribution in [-0.2, 0) is 0 Å². The molecule has 0 aliphatic carbocycles. The summed E-state index contributed by atoms with van der Waals surface area (Å²) in [4.78, 5) is 7.13. The molecular weight excluding hydrogens is 308 g/mol. The first-order chi connectivity index (χ1) is 11.3. The van der Waals surface area contributed by atoms with E-state index in [0.717, 1.165) is 40.6 Å². The van der Waals surface area contributed by atoms with Crippen molar-refractivity contribution in [2.45, 2.75) is 45.4 Å². The topological polar surface area (TPSA) is 63.3 Å². The molecule has 0 radical (unpaired) electrons. The molecular formula is C17H25N4OS+. The summed E-state index contributed by atoms with van der Waals surface area (Å²) in [5, 5.41) is 4.98. The van der Waals surface area contributed by atoms with Crippen LogP contribution in [0.3, 0.4) is 0 Å². The number of ether oxygens (including phenoxy) is 1. The smallest absolute Gasteiger partial charge is 0.186 e. The number of hydrogen-bond donors (Lipinski definition) is 1. The van der Waals surface area contributed by atoms with Gasteiger partial charge in [0, 0.05) is 19.2 Å². The fourth-order valence-electron chi connectivity index (χ4n) is 2.90. The highest BCUT2D eigenvalue weighted by Gasteiger charge is 2.18. The second-order valence-corrected chi connectivity index (χ2v) is 7.03. The summed E-state index contributed by atoms with van der Waals surface area (Å²) in [5.41, 5.74) is 7.23. The standard InChI is InChI=1S/C17H24N4OS/c1-2-3-4-7-10-22-15-11-14-16(12-13(15)20-18)23-17(19-14)21-8-5-6-9-21/h11-12,18H,2-10H2,1H3/p+1. The second-order valence-electron chi connectivity index (χ2n) is 6.02. The average molecular weight is 333 g/mol. The molecule has 1 aromatic carbocycles. The molecule has 0 unspecified atom stereocenters. The summed E-state index contributed by atoms with van der Waals surface area (Å²) in [6.07, 6.45) is 7.25. The van der Waals surface area contributed by atoms with Crippen molar-refractivity contribution in [3.63, 3.8) is 0 Å². The van der Waals surface area contributed by atoms with Gasteiger partial charge in [0.15, 0.2) is 16.6 Å². The monoisotopic (exact) mass is 333 g/mol. The van der Waals surface area contributed by atoms with Crippen molar-refractivity contribution in [1.29, 1.82) is 0 Å². The van der Waals surface area contributed by atoms with Crippen LogP contribution in [0.4, 0.5) is 10.8 Å². The highest BCUT2D eigenvalue weighted by atomic mass is 32.1. The Morgan fingerprint density at radius 3 is 2.83 bits per heavy atom. The number of aromatic nitrogens is 1. The Balaban J connectivity index is 1.75. The van der Waals surface area contributed by atoms with Crippen LogP contribution in [0.2, 0.25) is 0 Å². The third kappa shape index (κ3) is 3.80. The van der Waals surface area contributed by atoms with Crippen LogP contribution in [0.5, 0.6) is 5.75 Å². The summed E-state index contributed by atoms with van der Waals surface area (Å²) in [7, 11) is 0. The number of hydrogen-bond acceptors (Lipinski definition) is 5. The maximum absolute atomic E-state index is 5.89. The van der Waals surface area contributed by atoms with Crippen LogP contribution >= 0.6 is 11.3 Å². The van der Waals surface area contributed by atoms with Gasteiger partial charge in [-0.1, -0.05) is 37.5 Å². The summed E-state index contributed by atoms with van der Waals surface area (Å²) < 4.78 is 7.01. The molecule has 0 spiro atoms. The molecule has 0 saturated carbocycles. The molecule has 0 atom stereocenters. The van der Waals surface area contributed by atoms with E-state index in [-0.39, 0.29) is 0 Å². The third-order valence-electron chi connectivity index (χ3n) is 4.23. The Labute approximate surface area is 141 Å². The Bertz CT molecular complexity index is 664. The normalized spacial score (nSPS) is 14.6. The molecule has 1 aromatic heterocycles. The zero-order chi connectivity index (χ0) is 16.1. The molecule has 0 amide bonds. The van der Waals surface area contributed by atoms with Crippen LogP contribution in [0.25, 0.3) is 10.2 Å². The molecule has 1 aliphatic rings. The Kier molecular flexibility index (Phi) is 5.43. The average Bonchev–Trinajstić information content (AvgIpc) is 3.22. The second kappa shape index (κ2) is 7.73. The molecule has 6 heteroatoms. The number of rotatable bonds is 8. The predicted molar refractivity (Wildman–Crippen MR) is 94.7 cm³/mol. The zero-order valence-electron chi connectivity index (χ0n) is 13.8. The van der Waals surface area contributed by atoms with Crippen molar-refractivity contribution in [2.75, 3.05) is 24.6 Å². The quantitative estimate of drug-likeness (QED) is 0.592. The van der Waals surface area contributed by atoms with Crippen LogP contribution < -0.4 is 15.2 Å². The molecule has 0 bridgehead atoms. The van der Waals surface area contributed by atoms with E-state index in [1.807, 2.05) is 12.1 Å². The highest BCUT2D eigenvalue weighted by molar-refractivity contribution is 7.22. The number of anilines is 1. The van der Waals surface area contributed by atoms with E-state index >= 15 is 0 Å². The molecule has 124 valence electrons. The van der Waals surface area contributed by atoms with E-state index < -0.39 is 0 Å². The SMILES string of the molecule is CCCCCCOc1cc2nc(N3CCCC3)sc2cc1N=[NH2+]. The van der Waals surface area contributed by atoms with Gasteiger partial charge in [0.05, 0.1) is 16.8 Å². The van der Waals surface area contributed by atoms with E-state index in [4.69, 9.17) is 15.3 Å². The van der Waals surface area contributed by atoms with Crippen molar-refractivity contribution in [2.24, 2.45) is 5.11 Å². The lowest BCUT2D eigenvalue weighted by atomic mass is 10.2. The van der Waals surface area contributed by atoms with Crippen molar-refractivity contribution in [3.05, 3.63) is 12.1 Å². The van der Waals surface area contributed by atoms with Crippen LogP contribution in [0.1, 0.15) is 45.4 Å². The van der Waals surface area contributed by atoms with Crippen molar-refractivity contribution < 1.29 is 10.3 Å². The van der Waals surface area contributed by atoms with Gasteiger partial charge in [0.25, 0.3) is 0 Å². The molecule has 2 N–H and O–H groups in total. The van der Waals surface area contributed by atoms with E-state index in [1.54, 1.807) is 11.3 Å². The number of nitrogens with zero attached hydrogens (tertiary/aromatic N) is 3. The maximum Gasteiger partial charge on any atom is 0.186 e. The van der Waals surface area contributed by atoms with Gasteiger partial charge in [-0.25, -0.2) is 4.98 Å². The van der Waals surface area contributed by atoms with Gasteiger partial charge < -0.3 is 9.64 Å². The largest absolute Gasteiger partial charge is 0.491 e. The first-order valence-corrected chi connectivity index (χ1v) is 9.36. The highest BCUT2D eigenvalue weighted by Crippen LogP contribution is 2.38. The molecule has 2 heterocycles. The minimum atomic E-state index is 0.706. The summed E-state index contributed by atoms with van der Waals surface area (Å²) in [6, 6.07) is 3.98. The maximum atomic E-state index is 5.89. The first kappa shape index (κ1) is 16.2. The number of benzene rings is 1. The van der Waals surface area contributed by atoms with Gasteiger partial charge in [-0.15, -0.1) is 0 Å². The molecule has 23 heavy (non-hydrogen) atoms. The van der Waals surface area contributed by atoms with E-state index in [2.05, 4.69) is 16.9 Å². The minimum absolute atomic E-state index is 0.706. The summed E-state index contributed by atoms with van der Waals surface area (Å²) >= 11 is 1.71. The predicted octanol–water partition coefficient (Wildman–Crippen LogP) is 3.70. The van der Waals surface area contributed by atoms with Gasteiger partial charge in [-0.3, -0.25) is 0 Å². The van der Waals surface area contributed by atoms with E-state index in [0.29, 0.717) is 12.3 Å². The van der Waals surface area contributed by atoms with Crippen LogP contribution in [-0.4, -0.2) is 24.7 Å². The van der Waals surface area contributed by atoms with Gasteiger partial charge in [-0.2, -0.15) is 5.53 Å². The van der Waals surface area contributed by atoms with Gasteiger partial charge in [0.2, 0.25) is 0 Å². The summed E-state index contributed by atoms with van der Waals surface area (Å²) in [5.74, 6) is 0.745. The number of unbranched alkanes of at least 4 members (excludes halogenated alkanes) is 3. The van der Waals surface area contributed by atoms with Crippen molar-refractivity contribution in [1.82, 2.24) is 4.98 Å². The number of nitrogens with two attached hydrogens (primary N) is 1. The van der Waals surface area contributed by atoms with Crippen LogP contribution in [0.15, 0.2) is 17.2 Å². The molecule has 5 nitrogen and oxygen atoms in total. The molecule has 3 rings (SSSR count). The Morgan fingerprint density at radius 2 is 2.09 bits per heavy atom. The van der Waals surface area contributed by atoms with Gasteiger partial charge in [0.1, 0.15) is 0 Å². The lowest BCUT2D eigenvalue weighted by Crippen LogP contribution is -2.22. The summed E-state index contributed by atoms with van der Waals surface area (Å²) in [6.45, 7) is 5.13. The number of fused-ring (bicyclic) bond motifs is 1. The lowest BCUT2D eigenvalue weighted by Gasteiger charge is -2.11. The Morgan fingerprint density at radius 1 is 1.26 bits per heavy atom. The molecule has 1 saturated heterocycles. The van der Waals surface area contributed by atoms with E-state index in [1.165, 1.54) is 32.1 Å². The van der Waals surface area contributed by atoms with Gasteiger partial charge >= 0.3 is 0 Å². The molecule has 2 aromatic rings. The van der Waals surface area contributed by atoms with Gasteiger partial charge in [-0.05, 0) is 30.4 Å². The molecule has 1 fully saturated rings. The van der Waals surface area contributed by atoms with E-state index in [9.17, 15) is 0 Å². The minimum Gasteiger partial charge on any atom is -0.491 e. The fourth-order valence-corrected chi connectivity index (χ4v) is 3.94. The van der Waals surface area contributed by atoms with Crippen LogP contribution in [0, 0.1) is 0 Å². The molecule has 1 aliphatic heterocycles. The zero-order valence-corrected chi connectivity index (χ0v) is 14.6. The lowest BCUT2D eigenvalue weighted by molar-refractivity contribution is -0.210. The third-order valence-corrected chi connectivity index (χ3v) is 5.31. The first-order valence-electron chi connectivity index (χ1n) is 8.55.